The number of nitrogens with zero attached hydrogens (tertiary/aromatic N) is 3. The zero-order chi connectivity index (χ0) is 17.0. The maximum absolute atomic E-state index is 11.5. The maximum Gasteiger partial charge on any atom is 0.191 e. The Bertz CT molecular complexity index is 684. The minimum Gasteiger partial charge on any atom is -0.353 e. The van der Waals surface area contributed by atoms with E-state index in [2.05, 4.69) is 34.6 Å². The molecular formula is C15H28IN5O2S. The van der Waals surface area contributed by atoms with Gasteiger partial charge in [0.05, 0.1) is 17.2 Å². The molecule has 0 saturated carbocycles. The Morgan fingerprint density at radius 3 is 2.58 bits per heavy atom. The fraction of sp³-hybridized carbons (Fsp3) is 0.733. The Hall–Kier alpha value is -0.840. The van der Waals surface area contributed by atoms with Crippen LogP contribution in [0.4, 0.5) is 0 Å². The largest absolute Gasteiger partial charge is 0.353 e. The highest BCUT2D eigenvalue weighted by Gasteiger charge is 2.28. The topological polar surface area (TPSA) is 88.4 Å². The third-order valence-electron chi connectivity index (χ3n) is 4.26. The molecule has 7 nitrogen and oxygen atoms in total. The summed E-state index contributed by atoms with van der Waals surface area (Å²) in [7, 11) is 0.775. The quantitative estimate of drug-likeness (QED) is 0.382. The smallest absolute Gasteiger partial charge is 0.191 e. The van der Waals surface area contributed by atoms with Crippen molar-refractivity contribution in [2.75, 3.05) is 18.6 Å². The summed E-state index contributed by atoms with van der Waals surface area (Å²) >= 11 is 0. The summed E-state index contributed by atoms with van der Waals surface area (Å²) < 4.78 is 25.0. The second-order valence-corrected chi connectivity index (χ2v) is 8.10. The van der Waals surface area contributed by atoms with E-state index >= 15 is 0 Å². The average Bonchev–Trinajstić information content (AvgIpc) is 3.01. The molecule has 0 amide bonds. The SMILES string of the molecule is CCc1nn(C)c(CC)c1CNC(=NC)NC1CCS(=O)(=O)C1.I. The number of halogens is 1. The fourth-order valence-corrected chi connectivity index (χ4v) is 4.74. The van der Waals surface area contributed by atoms with Crippen molar-refractivity contribution >= 4 is 39.8 Å². The fourth-order valence-electron chi connectivity index (χ4n) is 3.06. The van der Waals surface area contributed by atoms with Crippen LogP contribution in [0.15, 0.2) is 4.99 Å². The van der Waals surface area contributed by atoms with Crippen molar-refractivity contribution in [3.8, 4) is 0 Å². The lowest BCUT2D eigenvalue weighted by Crippen LogP contribution is -2.43. The van der Waals surface area contributed by atoms with E-state index in [1.54, 1.807) is 7.05 Å². The Labute approximate surface area is 161 Å². The molecule has 1 aromatic rings. The van der Waals surface area contributed by atoms with Crippen LogP contribution in [0.1, 0.15) is 37.2 Å². The molecular weight excluding hydrogens is 441 g/mol. The maximum atomic E-state index is 11.5. The Morgan fingerprint density at radius 2 is 2.08 bits per heavy atom. The van der Waals surface area contributed by atoms with Crippen LogP contribution in [0.5, 0.6) is 0 Å². The van der Waals surface area contributed by atoms with Crippen LogP contribution >= 0.6 is 24.0 Å². The van der Waals surface area contributed by atoms with Gasteiger partial charge in [-0.15, -0.1) is 24.0 Å². The molecule has 1 aliphatic heterocycles. The second-order valence-electron chi connectivity index (χ2n) is 5.87. The standard InChI is InChI=1S/C15H27N5O2S.HI/c1-5-13-12(14(6-2)20(4)19-13)9-17-15(16-3)18-11-7-8-23(21,22)10-11;/h11H,5-10H2,1-4H3,(H2,16,17,18);1H. The summed E-state index contributed by atoms with van der Waals surface area (Å²) in [4.78, 5) is 4.20. The van der Waals surface area contributed by atoms with Crippen LogP contribution < -0.4 is 10.6 Å². The molecule has 2 rings (SSSR count). The number of guanidine groups is 1. The summed E-state index contributed by atoms with van der Waals surface area (Å²) in [5.74, 6) is 1.07. The molecule has 1 aromatic heterocycles. The van der Waals surface area contributed by atoms with E-state index in [4.69, 9.17) is 0 Å². The second kappa shape index (κ2) is 9.02. The molecule has 1 fully saturated rings. The number of hydrogen-bond donors (Lipinski definition) is 2. The number of rotatable bonds is 5. The first-order valence-electron chi connectivity index (χ1n) is 8.11. The zero-order valence-electron chi connectivity index (χ0n) is 14.8. The zero-order valence-corrected chi connectivity index (χ0v) is 17.9. The minimum atomic E-state index is -2.89. The van der Waals surface area contributed by atoms with E-state index < -0.39 is 9.84 Å². The van der Waals surface area contributed by atoms with Gasteiger partial charge >= 0.3 is 0 Å². The minimum absolute atomic E-state index is 0. The number of aliphatic imine (C=N–C) groups is 1. The van der Waals surface area contributed by atoms with Crippen LogP contribution in [0, 0.1) is 0 Å². The van der Waals surface area contributed by atoms with Gasteiger partial charge in [0, 0.05) is 37.9 Å². The van der Waals surface area contributed by atoms with Gasteiger partial charge in [-0.3, -0.25) is 9.67 Å². The normalized spacial score (nSPS) is 19.8. The first-order valence-corrected chi connectivity index (χ1v) is 9.93. The molecule has 1 aliphatic rings. The summed E-state index contributed by atoms with van der Waals surface area (Å²) in [5.41, 5.74) is 3.52. The molecule has 0 bridgehead atoms. The molecule has 0 aromatic carbocycles. The van der Waals surface area contributed by atoms with Crippen molar-refractivity contribution in [2.24, 2.45) is 12.0 Å². The third-order valence-corrected chi connectivity index (χ3v) is 6.03. The van der Waals surface area contributed by atoms with Crippen LogP contribution in [-0.4, -0.2) is 48.8 Å². The number of aromatic nitrogens is 2. The van der Waals surface area contributed by atoms with Gasteiger partial charge in [0.1, 0.15) is 0 Å². The van der Waals surface area contributed by atoms with Crippen molar-refractivity contribution in [2.45, 2.75) is 45.7 Å². The van der Waals surface area contributed by atoms with E-state index in [1.807, 2.05) is 11.7 Å². The van der Waals surface area contributed by atoms with E-state index in [-0.39, 0.29) is 41.5 Å². The molecule has 1 saturated heterocycles. The molecule has 9 heteroatoms. The Kier molecular flexibility index (Phi) is 7.97. The van der Waals surface area contributed by atoms with Crippen molar-refractivity contribution in [3.63, 3.8) is 0 Å². The third kappa shape index (κ3) is 5.08. The van der Waals surface area contributed by atoms with E-state index in [9.17, 15) is 8.42 Å². The predicted octanol–water partition coefficient (Wildman–Crippen LogP) is 1.02. The first kappa shape index (κ1) is 21.2. The molecule has 2 heterocycles. The van der Waals surface area contributed by atoms with E-state index in [0.29, 0.717) is 18.9 Å². The van der Waals surface area contributed by atoms with Crippen LogP contribution in [0.3, 0.4) is 0 Å². The van der Waals surface area contributed by atoms with Gasteiger partial charge < -0.3 is 10.6 Å². The highest BCUT2D eigenvalue weighted by molar-refractivity contribution is 14.0. The van der Waals surface area contributed by atoms with Gasteiger partial charge in [-0.05, 0) is 19.3 Å². The van der Waals surface area contributed by atoms with Crippen molar-refractivity contribution in [3.05, 3.63) is 17.0 Å². The van der Waals surface area contributed by atoms with Gasteiger partial charge in [0.15, 0.2) is 15.8 Å². The summed E-state index contributed by atoms with van der Waals surface area (Å²) in [5, 5.41) is 11.1. The number of aryl methyl sites for hydroxylation is 2. The van der Waals surface area contributed by atoms with Gasteiger partial charge in [0.25, 0.3) is 0 Å². The van der Waals surface area contributed by atoms with Gasteiger partial charge in [-0.2, -0.15) is 5.10 Å². The van der Waals surface area contributed by atoms with E-state index in [1.165, 1.54) is 11.3 Å². The molecule has 0 aliphatic carbocycles. The molecule has 1 unspecified atom stereocenters. The number of sulfone groups is 1. The molecule has 0 spiro atoms. The first-order chi connectivity index (χ1) is 10.9. The highest BCUT2D eigenvalue weighted by atomic mass is 127. The monoisotopic (exact) mass is 469 g/mol. The van der Waals surface area contributed by atoms with Crippen molar-refractivity contribution in [1.82, 2.24) is 20.4 Å². The lowest BCUT2D eigenvalue weighted by atomic mass is 10.1. The molecule has 1 atom stereocenters. The Balaban J connectivity index is 0.00000288. The molecule has 24 heavy (non-hydrogen) atoms. The van der Waals surface area contributed by atoms with Crippen LogP contribution in [0.2, 0.25) is 0 Å². The molecule has 0 radical (unpaired) electrons. The average molecular weight is 469 g/mol. The van der Waals surface area contributed by atoms with Gasteiger partial charge in [0.2, 0.25) is 0 Å². The van der Waals surface area contributed by atoms with Crippen LogP contribution in [-0.2, 0) is 36.3 Å². The molecule has 138 valence electrons. The summed E-state index contributed by atoms with van der Waals surface area (Å²) in [6.45, 7) is 4.86. The van der Waals surface area contributed by atoms with Crippen molar-refractivity contribution in [1.29, 1.82) is 0 Å². The lowest BCUT2D eigenvalue weighted by molar-refractivity contribution is 0.599. The van der Waals surface area contributed by atoms with Gasteiger partial charge in [-0.1, -0.05) is 13.8 Å². The predicted molar refractivity (Wildman–Crippen MR) is 108 cm³/mol. The number of hydrogen-bond acceptors (Lipinski definition) is 4. The van der Waals surface area contributed by atoms with Crippen LogP contribution in [0.25, 0.3) is 0 Å². The van der Waals surface area contributed by atoms with Gasteiger partial charge in [-0.25, -0.2) is 8.42 Å². The van der Waals surface area contributed by atoms with E-state index in [0.717, 1.165) is 18.5 Å². The molecule has 2 N–H and O–H groups in total. The lowest BCUT2D eigenvalue weighted by Gasteiger charge is -2.16. The number of nitrogens with one attached hydrogen (secondary N) is 2. The van der Waals surface area contributed by atoms with Crippen molar-refractivity contribution < 1.29 is 8.42 Å². The Morgan fingerprint density at radius 1 is 1.38 bits per heavy atom. The highest BCUT2D eigenvalue weighted by Crippen LogP contribution is 2.15. The summed E-state index contributed by atoms with van der Waals surface area (Å²) in [6, 6.07) is -0.0589. The summed E-state index contributed by atoms with van der Waals surface area (Å²) in [6.07, 6.45) is 2.45.